The third kappa shape index (κ3) is 13.2. The lowest BCUT2D eigenvalue weighted by Crippen LogP contribution is -1.91. The molecular formula is C27H36N4O. The summed E-state index contributed by atoms with van der Waals surface area (Å²) in [4.78, 5) is 0. The summed E-state index contributed by atoms with van der Waals surface area (Å²) in [6.07, 6.45) is 24.9. The third-order valence-electron chi connectivity index (χ3n) is 4.20. The maximum atomic E-state index is 5.43. The zero-order chi connectivity index (χ0) is 23.4. The van der Waals surface area contributed by atoms with Crippen molar-refractivity contribution in [2.45, 2.75) is 46.5 Å². The smallest absolute Gasteiger partial charge is 0.0854 e. The van der Waals surface area contributed by atoms with Crippen molar-refractivity contribution < 1.29 is 4.74 Å². The number of allylic oxidation sites excluding steroid dienone is 12. The SMILES string of the molecule is C=C/C=C(\C=C/COCCC)N=NC(C)=CC/C=C(C=C)/N=N/C1=C/CC/C=C(C)/C=C\1. The Kier molecular flexibility index (Phi) is 14.7. The minimum Gasteiger partial charge on any atom is -0.377 e. The minimum atomic E-state index is 0.555. The van der Waals surface area contributed by atoms with Crippen LogP contribution in [0.4, 0.5) is 0 Å². The Balaban J connectivity index is 2.69. The van der Waals surface area contributed by atoms with E-state index < -0.39 is 0 Å². The van der Waals surface area contributed by atoms with Gasteiger partial charge in [0.15, 0.2) is 0 Å². The number of hydrogen-bond acceptors (Lipinski definition) is 5. The number of ether oxygens (including phenoxy) is 1. The van der Waals surface area contributed by atoms with E-state index in [1.165, 1.54) is 5.57 Å². The van der Waals surface area contributed by atoms with E-state index in [2.05, 4.69) is 65.7 Å². The van der Waals surface area contributed by atoms with E-state index in [1.807, 2.05) is 37.3 Å². The second-order valence-corrected chi connectivity index (χ2v) is 7.11. The molecule has 0 spiro atoms. The standard InChI is InChI=1S/C27H36N4O/c1-6-13-26(18-12-22-32-21-7-2)30-28-24(5)15-11-17-25(8-3)29-31-27-16-10-9-14-23(4)19-20-27/h6,8,12-20H,1,3,7,9-11,21-22H2,2,4-5H3/b18-12-,20-19-,23-14+,24-15?,25-17+,26-13+,27-16+,30-28?,31-29+. The average Bonchev–Trinajstić information content (AvgIpc) is 2.78. The Morgan fingerprint density at radius 3 is 2.62 bits per heavy atom. The van der Waals surface area contributed by atoms with Crippen molar-refractivity contribution >= 4 is 0 Å². The maximum Gasteiger partial charge on any atom is 0.0854 e. The van der Waals surface area contributed by atoms with Crippen molar-refractivity contribution in [2.24, 2.45) is 20.5 Å². The molecule has 0 unspecified atom stereocenters. The summed E-state index contributed by atoms with van der Waals surface area (Å²) < 4.78 is 5.43. The van der Waals surface area contributed by atoms with Crippen LogP contribution in [-0.2, 0) is 4.74 Å². The van der Waals surface area contributed by atoms with Gasteiger partial charge in [-0.05, 0) is 63.8 Å². The Morgan fingerprint density at radius 2 is 1.88 bits per heavy atom. The monoisotopic (exact) mass is 432 g/mol. The van der Waals surface area contributed by atoms with Crippen LogP contribution < -0.4 is 0 Å². The number of hydrogen-bond donors (Lipinski definition) is 0. The van der Waals surface area contributed by atoms with Gasteiger partial charge in [0.05, 0.1) is 29.4 Å². The highest BCUT2D eigenvalue weighted by atomic mass is 16.5. The molecule has 0 radical (unpaired) electrons. The van der Waals surface area contributed by atoms with Crippen LogP contribution >= 0.6 is 0 Å². The number of nitrogens with zero attached hydrogens (tertiary/aromatic N) is 4. The quantitative estimate of drug-likeness (QED) is 0.163. The van der Waals surface area contributed by atoms with E-state index >= 15 is 0 Å². The maximum absolute atomic E-state index is 5.43. The second kappa shape index (κ2) is 17.5. The first kappa shape index (κ1) is 26.9. The number of rotatable bonds is 13. The van der Waals surface area contributed by atoms with Gasteiger partial charge in [-0.15, -0.1) is 0 Å². The molecule has 0 bridgehead atoms. The molecule has 0 fully saturated rings. The van der Waals surface area contributed by atoms with Crippen LogP contribution in [0.3, 0.4) is 0 Å². The van der Waals surface area contributed by atoms with Crippen molar-refractivity contribution in [3.63, 3.8) is 0 Å². The van der Waals surface area contributed by atoms with Gasteiger partial charge in [-0.2, -0.15) is 20.5 Å². The summed E-state index contributed by atoms with van der Waals surface area (Å²) in [7, 11) is 0. The molecule has 0 atom stereocenters. The molecule has 1 aliphatic rings. The highest BCUT2D eigenvalue weighted by Gasteiger charge is 1.95. The third-order valence-corrected chi connectivity index (χ3v) is 4.20. The van der Waals surface area contributed by atoms with Crippen LogP contribution in [0.1, 0.15) is 46.5 Å². The van der Waals surface area contributed by atoms with Gasteiger partial charge < -0.3 is 4.74 Å². The summed E-state index contributed by atoms with van der Waals surface area (Å²) in [6, 6.07) is 0. The zero-order valence-corrected chi connectivity index (χ0v) is 19.7. The Labute approximate surface area is 193 Å². The van der Waals surface area contributed by atoms with Crippen LogP contribution in [0.15, 0.2) is 129 Å². The van der Waals surface area contributed by atoms with E-state index in [9.17, 15) is 0 Å². The van der Waals surface area contributed by atoms with Gasteiger partial charge in [0.1, 0.15) is 0 Å². The molecule has 0 aromatic carbocycles. The van der Waals surface area contributed by atoms with Gasteiger partial charge in [-0.25, -0.2) is 0 Å². The first-order chi connectivity index (χ1) is 15.6. The van der Waals surface area contributed by atoms with E-state index in [-0.39, 0.29) is 0 Å². The molecule has 0 aromatic heterocycles. The summed E-state index contributed by atoms with van der Waals surface area (Å²) in [5.41, 5.74) is 4.35. The van der Waals surface area contributed by atoms with Crippen LogP contribution in [0.5, 0.6) is 0 Å². The Hall–Kier alpha value is -3.18. The highest BCUT2D eigenvalue weighted by Crippen LogP contribution is 2.14. The number of azo groups is 2. The van der Waals surface area contributed by atoms with E-state index in [0.29, 0.717) is 13.0 Å². The normalized spacial score (nSPS) is 20.7. The summed E-state index contributed by atoms with van der Waals surface area (Å²) in [6.45, 7) is 14.9. The topological polar surface area (TPSA) is 58.7 Å². The van der Waals surface area contributed by atoms with Crippen molar-refractivity contribution in [3.05, 3.63) is 108 Å². The Morgan fingerprint density at radius 1 is 1.06 bits per heavy atom. The molecule has 0 aliphatic heterocycles. The minimum absolute atomic E-state index is 0.555. The molecule has 0 heterocycles. The molecular weight excluding hydrogens is 396 g/mol. The molecule has 0 N–H and O–H groups in total. The van der Waals surface area contributed by atoms with Crippen LogP contribution in [0.25, 0.3) is 0 Å². The summed E-state index contributed by atoms with van der Waals surface area (Å²) in [5.74, 6) is 0. The fraction of sp³-hybridized carbons (Fsp3) is 0.333. The molecule has 0 saturated heterocycles. The van der Waals surface area contributed by atoms with Crippen LogP contribution in [-0.4, -0.2) is 13.2 Å². The molecule has 5 nitrogen and oxygen atoms in total. The van der Waals surface area contributed by atoms with E-state index in [0.717, 1.165) is 48.7 Å². The fourth-order valence-electron chi connectivity index (χ4n) is 2.48. The van der Waals surface area contributed by atoms with Gasteiger partial charge in [-0.1, -0.05) is 68.2 Å². The van der Waals surface area contributed by atoms with Gasteiger partial charge in [0.25, 0.3) is 0 Å². The summed E-state index contributed by atoms with van der Waals surface area (Å²) in [5, 5.41) is 17.2. The van der Waals surface area contributed by atoms with Gasteiger partial charge >= 0.3 is 0 Å². The van der Waals surface area contributed by atoms with Crippen molar-refractivity contribution in [1.82, 2.24) is 0 Å². The summed E-state index contributed by atoms with van der Waals surface area (Å²) >= 11 is 0. The van der Waals surface area contributed by atoms with Gasteiger partial charge in [0, 0.05) is 6.61 Å². The fourth-order valence-corrected chi connectivity index (χ4v) is 2.48. The lowest BCUT2D eigenvalue weighted by molar-refractivity contribution is 0.163. The lowest BCUT2D eigenvalue weighted by Gasteiger charge is -2.00. The Bertz CT molecular complexity index is 877. The predicted molar refractivity (Wildman–Crippen MR) is 135 cm³/mol. The van der Waals surface area contributed by atoms with Gasteiger partial charge in [0.2, 0.25) is 0 Å². The molecule has 0 amide bonds. The first-order valence-electron chi connectivity index (χ1n) is 11.0. The van der Waals surface area contributed by atoms with Gasteiger partial charge in [-0.3, -0.25) is 0 Å². The molecule has 170 valence electrons. The molecule has 5 heteroatoms. The van der Waals surface area contributed by atoms with E-state index in [1.54, 1.807) is 18.2 Å². The first-order valence-corrected chi connectivity index (χ1v) is 11.0. The van der Waals surface area contributed by atoms with E-state index in [4.69, 9.17) is 4.74 Å². The predicted octanol–water partition coefficient (Wildman–Crippen LogP) is 8.49. The van der Waals surface area contributed by atoms with Crippen molar-refractivity contribution in [1.29, 1.82) is 0 Å². The average molecular weight is 433 g/mol. The molecule has 0 aromatic rings. The zero-order valence-electron chi connectivity index (χ0n) is 19.7. The lowest BCUT2D eigenvalue weighted by atomic mass is 10.1. The highest BCUT2D eigenvalue weighted by molar-refractivity contribution is 5.28. The molecule has 1 rings (SSSR count). The molecule has 0 saturated carbocycles. The molecule has 32 heavy (non-hydrogen) atoms. The van der Waals surface area contributed by atoms with Crippen molar-refractivity contribution in [2.75, 3.05) is 13.2 Å². The van der Waals surface area contributed by atoms with Crippen LogP contribution in [0.2, 0.25) is 0 Å². The van der Waals surface area contributed by atoms with Crippen molar-refractivity contribution in [3.8, 4) is 0 Å². The molecule has 1 aliphatic carbocycles. The van der Waals surface area contributed by atoms with Crippen LogP contribution in [0, 0.1) is 0 Å². The second-order valence-electron chi connectivity index (χ2n) is 7.11. The largest absolute Gasteiger partial charge is 0.377 e.